The lowest BCUT2D eigenvalue weighted by atomic mass is 10.2. The third-order valence-electron chi connectivity index (χ3n) is 2.21. The summed E-state index contributed by atoms with van der Waals surface area (Å²) in [5.74, 6) is 0.476. The van der Waals surface area contributed by atoms with E-state index in [4.69, 9.17) is 4.74 Å². The number of nitrogens with one attached hydrogen (secondary N) is 2. The van der Waals surface area contributed by atoms with E-state index in [1.807, 2.05) is 0 Å². The second-order valence-electron chi connectivity index (χ2n) is 3.73. The number of hydrogen-bond acceptors (Lipinski definition) is 6. The largest absolute Gasteiger partial charge is 0.497 e. The highest BCUT2D eigenvalue weighted by atomic mass is 32.2. The second kappa shape index (κ2) is 6.34. The predicted molar refractivity (Wildman–Crippen MR) is 71.0 cm³/mol. The van der Waals surface area contributed by atoms with Crippen LogP contribution in [0.1, 0.15) is 0 Å². The predicted octanol–water partition coefficient (Wildman–Crippen LogP) is 0.564. The van der Waals surface area contributed by atoms with E-state index in [1.54, 1.807) is 0 Å². The Morgan fingerprint density at radius 2 is 2.05 bits per heavy atom. The Morgan fingerprint density at radius 1 is 1.37 bits per heavy atom. The van der Waals surface area contributed by atoms with Crippen molar-refractivity contribution in [1.82, 2.24) is 4.72 Å². The molecule has 19 heavy (non-hydrogen) atoms. The molecule has 1 rings (SSSR count). The number of hydrogen-bond donors (Lipinski definition) is 2. The van der Waals surface area contributed by atoms with Gasteiger partial charge in [0, 0.05) is 25.2 Å². The number of methoxy groups -OCH3 is 1. The minimum Gasteiger partial charge on any atom is -0.497 e. The minimum atomic E-state index is -3.27. The van der Waals surface area contributed by atoms with E-state index in [0.717, 1.165) is 6.26 Å². The minimum absolute atomic E-state index is 0.0971. The first-order chi connectivity index (χ1) is 8.83. The average molecular weight is 289 g/mol. The molecule has 0 saturated carbocycles. The Labute approximate surface area is 111 Å². The van der Waals surface area contributed by atoms with E-state index in [-0.39, 0.29) is 24.5 Å². The molecule has 0 unspecified atom stereocenters. The molecule has 1 aromatic carbocycles. The molecule has 0 atom stereocenters. The van der Waals surface area contributed by atoms with Crippen LogP contribution >= 0.6 is 0 Å². The van der Waals surface area contributed by atoms with Gasteiger partial charge in [-0.15, -0.1) is 0 Å². The van der Waals surface area contributed by atoms with Gasteiger partial charge in [0.1, 0.15) is 11.4 Å². The van der Waals surface area contributed by atoms with E-state index < -0.39 is 14.9 Å². The van der Waals surface area contributed by atoms with E-state index in [2.05, 4.69) is 10.0 Å². The summed E-state index contributed by atoms with van der Waals surface area (Å²) in [5.41, 5.74) is 0.180. The number of nitro groups is 1. The van der Waals surface area contributed by atoms with Crippen LogP contribution in [0.2, 0.25) is 0 Å². The maximum Gasteiger partial charge on any atom is 0.292 e. The van der Waals surface area contributed by atoms with Crippen LogP contribution in [0, 0.1) is 10.1 Å². The second-order valence-corrected chi connectivity index (χ2v) is 5.57. The standard InChI is InChI=1S/C10H15N3O5S/c1-18-8-3-4-10(13(14)15)9(7-8)11-5-6-12-19(2,16)17/h3-4,7,11-12H,5-6H2,1-2H3. The zero-order valence-corrected chi connectivity index (χ0v) is 11.4. The summed E-state index contributed by atoms with van der Waals surface area (Å²) in [4.78, 5) is 10.3. The first-order valence-corrected chi connectivity index (χ1v) is 7.23. The summed E-state index contributed by atoms with van der Waals surface area (Å²) >= 11 is 0. The zero-order chi connectivity index (χ0) is 14.5. The van der Waals surface area contributed by atoms with E-state index >= 15 is 0 Å². The quantitative estimate of drug-likeness (QED) is 0.431. The molecule has 0 bridgehead atoms. The van der Waals surface area contributed by atoms with E-state index in [1.165, 1.54) is 25.3 Å². The Balaban J connectivity index is 2.72. The number of sulfonamides is 1. The average Bonchev–Trinajstić information content (AvgIpc) is 2.33. The molecule has 0 aliphatic rings. The first kappa shape index (κ1) is 15.2. The van der Waals surface area contributed by atoms with Crippen LogP contribution in [0.5, 0.6) is 5.75 Å². The molecule has 0 aliphatic heterocycles. The molecule has 0 aliphatic carbocycles. The third kappa shape index (κ3) is 5.10. The van der Waals surface area contributed by atoms with Crippen molar-refractivity contribution in [3.8, 4) is 5.75 Å². The van der Waals surface area contributed by atoms with Crippen molar-refractivity contribution in [1.29, 1.82) is 0 Å². The number of rotatable bonds is 7. The highest BCUT2D eigenvalue weighted by Gasteiger charge is 2.14. The first-order valence-electron chi connectivity index (χ1n) is 5.34. The topological polar surface area (TPSA) is 111 Å². The van der Waals surface area contributed by atoms with Crippen molar-refractivity contribution < 1.29 is 18.1 Å². The number of ether oxygens (including phenoxy) is 1. The SMILES string of the molecule is COc1ccc([N+](=O)[O-])c(NCCNS(C)(=O)=O)c1. The van der Waals surface area contributed by atoms with Gasteiger partial charge in [-0.1, -0.05) is 0 Å². The number of nitro benzene ring substituents is 1. The molecular weight excluding hydrogens is 274 g/mol. The Kier molecular flexibility index (Phi) is 5.07. The normalized spacial score (nSPS) is 11.1. The lowest BCUT2D eigenvalue weighted by molar-refractivity contribution is -0.384. The molecule has 0 saturated heterocycles. The number of benzene rings is 1. The van der Waals surface area contributed by atoms with Crippen molar-refractivity contribution >= 4 is 21.4 Å². The summed E-state index contributed by atoms with van der Waals surface area (Å²) in [6.45, 7) is 0.355. The maximum absolute atomic E-state index is 10.9. The van der Waals surface area contributed by atoms with Crippen molar-refractivity contribution in [2.75, 3.05) is 31.8 Å². The van der Waals surface area contributed by atoms with Crippen LogP contribution in [0.4, 0.5) is 11.4 Å². The molecule has 0 radical (unpaired) electrons. The summed E-state index contributed by atoms with van der Waals surface area (Å²) in [6.07, 6.45) is 1.04. The smallest absolute Gasteiger partial charge is 0.292 e. The Bertz CT molecular complexity index is 558. The van der Waals surface area contributed by atoms with Gasteiger partial charge in [-0.3, -0.25) is 10.1 Å². The molecule has 0 fully saturated rings. The molecule has 9 heteroatoms. The number of nitrogens with zero attached hydrogens (tertiary/aromatic N) is 1. The molecule has 2 N–H and O–H groups in total. The van der Waals surface area contributed by atoms with Gasteiger partial charge in [0.2, 0.25) is 10.0 Å². The van der Waals surface area contributed by atoms with Crippen molar-refractivity contribution in [2.24, 2.45) is 0 Å². The van der Waals surface area contributed by atoms with E-state index in [9.17, 15) is 18.5 Å². The molecule has 0 aromatic heterocycles. The van der Waals surface area contributed by atoms with Gasteiger partial charge in [0.15, 0.2) is 0 Å². The molecule has 8 nitrogen and oxygen atoms in total. The van der Waals surface area contributed by atoms with Crippen LogP contribution in [0.15, 0.2) is 18.2 Å². The van der Waals surface area contributed by atoms with Gasteiger partial charge in [0.05, 0.1) is 18.3 Å². The van der Waals surface area contributed by atoms with Gasteiger partial charge >= 0.3 is 0 Å². The van der Waals surface area contributed by atoms with Gasteiger partial charge in [-0.05, 0) is 6.07 Å². The maximum atomic E-state index is 10.9. The fraction of sp³-hybridized carbons (Fsp3) is 0.400. The lowest BCUT2D eigenvalue weighted by Crippen LogP contribution is -2.27. The monoisotopic (exact) mass is 289 g/mol. The zero-order valence-electron chi connectivity index (χ0n) is 10.5. The van der Waals surface area contributed by atoms with Gasteiger partial charge in [-0.2, -0.15) is 0 Å². The third-order valence-corrected chi connectivity index (χ3v) is 2.93. The molecule has 106 valence electrons. The van der Waals surface area contributed by atoms with Gasteiger partial charge < -0.3 is 10.1 Å². The summed E-state index contributed by atoms with van der Waals surface area (Å²) < 4.78 is 29.0. The van der Waals surface area contributed by atoms with Crippen LogP contribution in [-0.4, -0.2) is 39.8 Å². The highest BCUT2D eigenvalue weighted by Crippen LogP contribution is 2.28. The van der Waals surface area contributed by atoms with E-state index in [0.29, 0.717) is 5.75 Å². The molecule has 0 amide bonds. The Morgan fingerprint density at radius 3 is 2.58 bits per heavy atom. The van der Waals surface area contributed by atoms with Crippen LogP contribution in [-0.2, 0) is 10.0 Å². The van der Waals surface area contributed by atoms with Crippen molar-refractivity contribution in [3.63, 3.8) is 0 Å². The van der Waals surface area contributed by atoms with Gasteiger partial charge in [0.25, 0.3) is 5.69 Å². The molecule has 0 heterocycles. The summed E-state index contributed by atoms with van der Waals surface area (Å²) in [7, 11) is -1.81. The highest BCUT2D eigenvalue weighted by molar-refractivity contribution is 7.88. The van der Waals surface area contributed by atoms with Crippen molar-refractivity contribution in [3.05, 3.63) is 28.3 Å². The summed E-state index contributed by atoms with van der Waals surface area (Å²) in [6, 6.07) is 4.29. The fourth-order valence-electron chi connectivity index (χ4n) is 1.38. The summed E-state index contributed by atoms with van der Waals surface area (Å²) in [5, 5.41) is 13.6. The molecular formula is C10H15N3O5S. The fourth-order valence-corrected chi connectivity index (χ4v) is 1.85. The van der Waals surface area contributed by atoms with Crippen LogP contribution in [0.25, 0.3) is 0 Å². The van der Waals surface area contributed by atoms with Crippen molar-refractivity contribution in [2.45, 2.75) is 0 Å². The molecule has 1 aromatic rings. The van der Waals surface area contributed by atoms with Crippen LogP contribution < -0.4 is 14.8 Å². The van der Waals surface area contributed by atoms with Crippen LogP contribution in [0.3, 0.4) is 0 Å². The van der Waals surface area contributed by atoms with Gasteiger partial charge in [-0.25, -0.2) is 13.1 Å². The Hall–Kier alpha value is -1.87. The lowest BCUT2D eigenvalue weighted by Gasteiger charge is -2.09. The number of anilines is 1. The molecule has 0 spiro atoms.